The molecule has 6 heteroatoms. The molecule has 0 saturated carbocycles. The number of nitrogens with one attached hydrogen (secondary N) is 3. The van der Waals surface area contributed by atoms with Gasteiger partial charge >= 0.3 is 0 Å². The van der Waals surface area contributed by atoms with Gasteiger partial charge in [-0.05, 0) is 6.08 Å². The number of imidazole rings is 1. The first-order valence-electron chi connectivity index (χ1n) is 5.71. The molecule has 0 radical (unpaired) electrons. The Balaban J connectivity index is 2.35. The van der Waals surface area contributed by atoms with Crippen LogP contribution in [0.2, 0.25) is 0 Å². The number of hydrogen-bond donors (Lipinski definition) is 3. The smallest absolute Gasteiger partial charge is 0.268 e. The van der Waals surface area contributed by atoms with E-state index in [1.807, 2.05) is 20.8 Å². The van der Waals surface area contributed by atoms with Crippen LogP contribution in [0.3, 0.4) is 0 Å². The Kier molecular flexibility index (Phi) is 2.94. The van der Waals surface area contributed by atoms with Gasteiger partial charge in [0.15, 0.2) is 0 Å². The maximum atomic E-state index is 11.6. The minimum absolute atomic E-state index is 0.0167. The number of nitrogens with zero attached hydrogens (tertiary/aromatic N) is 1. The van der Waals surface area contributed by atoms with Crippen LogP contribution in [0.1, 0.15) is 32.2 Å². The van der Waals surface area contributed by atoms with Gasteiger partial charge in [0, 0.05) is 11.1 Å². The zero-order valence-electron chi connectivity index (χ0n) is 10.6. The van der Waals surface area contributed by atoms with Crippen LogP contribution in [0.25, 0.3) is 6.08 Å². The first-order valence-corrected chi connectivity index (χ1v) is 5.71. The average Bonchev–Trinajstić information content (AvgIpc) is 2.71. The third-order valence-electron chi connectivity index (χ3n) is 2.63. The summed E-state index contributed by atoms with van der Waals surface area (Å²) in [6.07, 6.45) is 3.17. The van der Waals surface area contributed by atoms with Crippen LogP contribution < -0.4 is 10.6 Å². The van der Waals surface area contributed by atoms with Gasteiger partial charge in [0.25, 0.3) is 5.91 Å². The third kappa shape index (κ3) is 2.42. The highest BCUT2D eigenvalue weighted by molar-refractivity contribution is 6.05. The van der Waals surface area contributed by atoms with Crippen LogP contribution >= 0.6 is 0 Å². The number of aromatic amines is 1. The van der Waals surface area contributed by atoms with Gasteiger partial charge in [0.1, 0.15) is 5.70 Å². The highest BCUT2D eigenvalue weighted by Crippen LogP contribution is 2.24. The Morgan fingerprint density at radius 2 is 2.06 bits per heavy atom. The van der Waals surface area contributed by atoms with E-state index in [0.717, 1.165) is 5.69 Å². The number of hydrogen-bond acceptors (Lipinski definition) is 3. The van der Waals surface area contributed by atoms with Crippen LogP contribution in [-0.4, -0.2) is 28.3 Å². The maximum absolute atomic E-state index is 11.6. The normalized spacial score (nSPS) is 18.7. The number of carbonyl (C=O) groups excluding carboxylic acids is 2. The van der Waals surface area contributed by atoms with Crippen LogP contribution in [0.15, 0.2) is 12.0 Å². The Morgan fingerprint density at radius 3 is 2.72 bits per heavy atom. The molecule has 1 saturated heterocycles. The molecule has 2 rings (SSSR count). The molecular formula is C12H16N4O2. The van der Waals surface area contributed by atoms with Crippen molar-refractivity contribution >= 4 is 17.9 Å². The van der Waals surface area contributed by atoms with Crippen molar-refractivity contribution in [2.24, 2.45) is 0 Å². The van der Waals surface area contributed by atoms with Crippen molar-refractivity contribution in [3.63, 3.8) is 0 Å². The number of carbonyl (C=O) groups is 2. The maximum Gasteiger partial charge on any atom is 0.268 e. The van der Waals surface area contributed by atoms with Crippen molar-refractivity contribution in [3.05, 3.63) is 23.4 Å². The van der Waals surface area contributed by atoms with Gasteiger partial charge < -0.3 is 15.6 Å². The lowest BCUT2D eigenvalue weighted by atomic mass is 9.90. The van der Waals surface area contributed by atoms with Gasteiger partial charge in [-0.3, -0.25) is 9.59 Å². The molecule has 96 valence electrons. The van der Waals surface area contributed by atoms with E-state index < -0.39 is 0 Å². The second kappa shape index (κ2) is 4.29. The molecule has 0 aromatic carbocycles. The summed E-state index contributed by atoms with van der Waals surface area (Å²) in [5, 5.41) is 5.03. The topological polar surface area (TPSA) is 86.9 Å². The third-order valence-corrected chi connectivity index (χ3v) is 2.63. The molecule has 1 aliphatic heterocycles. The molecular weight excluding hydrogens is 232 g/mol. The van der Waals surface area contributed by atoms with Crippen molar-refractivity contribution in [2.75, 3.05) is 6.54 Å². The van der Waals surface area contributed by atoms with Crippen LogP contribution in [0.4, 0.5) is 0 Å². The largest absolute Gasteiger partial charge is 0.348 e. The van der Waals surface area contributed by atoms with Crippen molar-refractivity contribution in [2.45, 2.75) is 26.2 Å². The lowest BCUT2D eigenvalue weighted by Crippen LogP contribution is -2.47. The molecule has 0 spiro atoms. The monoisotopic (exact) mass is 248 g/mol. The highest BCUT2D eigenvalue weighted by Gasteiger charge is 2.23. The van der Waals surface area contributed by atoms with E-state index in [1.54, 1.807) is 12.4 Å². The predicted molar refractivity (Wildman–Crippen MR) is 66.4 cm³/mol. The van der Waals surface area contributed by atoms with Crippen molar-refractivity contribution in [1.82, 2.24) is 20.6 Å². The highest BCUT2D eigenvalue weighted by atomic mass is 16.2. The molecule has 0 bridgehead atoms. The molecule has 3 N–H and O–H groups in total. The van der Waals surface area contributed by atoms with Crippen molar-refractivity contribution < 1.29 is 9.59 Å². The Hall–Kier alpha value is -2.11. The standard InChI is InChI=1S/C12H16N4O2/c1-12(2,3)10-7(14-6-15-10)4-8-11(18)13-5-9(17)16-8/h4,6H,5H2,1-3H3,(H,13,18)(H,14,15)(H,16,17)/b8-4-. The molecule has 0 atom stereocenters. The number of rotatable bonds is 1. The number of piperazine rings is 1. The fourth-order valence-electron chi connectivity index (χ4n) is 1.76. The second-order valence-electron chi connectivity index (χ2n) is 5.20. The van der Waals surface area contributed by atoms with Gasteiger partial charge in [-0.2, -0.15) is 0 Å². The Morgan fingerprint density at radius 1 is 1.33 bits per heavy atom. The zero-order valence-corrected chi connectivity index (χ0v) is 10.6. The number of H-pyrrole nitrogens is 1. The SMILES string of the molecule is CC(C)(C)c1[nH]cnc1/C=C1\NC(=O)CNC1=O. The molecule has 1 aromatic heterocycles. The molecule has 6 nitrogen and oxygen atoms in total. The lowest BCUT2D eigenvalue weighted by Gasteiger charge is -2.19. The Bertz CT molecular complexity index is 522. The summed E-state index contributed by atoms with van der Waals surface area (Å²) in [7, 11) is 0. The molecule has 1 aromatic rings. The summed E-state index contributed by atoms with van der Waals surface area (Å²) in [5.41, 5.74) is 1.69. The average molecular weight is 248 g/mol. The molecule has 1 aliphatic rings. The molecule has 2 amide bonds. The van der Waals surface area contributed by atoms with Crippen molar-refractivity contribution in [1.29, 1.82) is 0 Å². The van der Waals surface area contributed by atoms with Crippen LogP contribution in [0.5, 0.6) is 0 Å². The summed E-state index contributed by atoms with van der Waals surface area (Å²) in [4.78, 5) is 30.1. The van der Waals surface area contributed by atoms with E-state index in [4.69, 9.17) is 0 Å². The number of aromatic nitrogens is 2. The summed E-state index contributed by atoms with van der Waals surface area (Å²) in [6.45, 7) is 6.15. The van der Waals surface area contributed by atoms with Gasteiger partial charge in [0.2, 0.25) is 5.91 Å². The number of amides is 2. The van der Waals surface area contributed by atoms with Gasteiger partial charge in [0.05, 0.1) is 18.6 Å². The van der Waals surface area contributed by atoms with E-state index in [1.165, 1.54) is 0 Å². The first-order chi connectivity index (χ1) is 8.38. The van der Waals surface area contributed by atoms with E-state index >= 15 is 0 Å². The summed E-state index contributed by atoms with van der Waals surface area (Å²) in [5.74, 6) is -0.522. The van der Waals surface area contributed by atoms with E-state index in [9.17, 15) is 9.59 Å². The van der Waals surface area contributed by atoms with Gasteiger partial charge in [-0.25, -0.2) is 4.98 Å². The van der Waals surface area contributed by atoms with Crippen molar-refractivity contribution in [3.8, 4) is 0 Å². The van der Waals surface area contributed by atoms with E-state index in [0.29, 0.717) is 5.69 Å². The van der Waals surface area contributed by atoms with Crippen LogP contribution in [-0.2, 0) is 15.0 Å². The zero-order chi connectivity index (χ0) is 13.3. The minimum Gasteiger partial charge on any atom is -0.348 e. The quantitative estimate of drug-likeness (QED) is 0.624. The second-order valence-corrected chi connectivity index (χ2v) is 5.20. The van der Waals surface area contributed by atoms with E-state index in [-0.39, 0.29) is 29.5 Å². The summed E-state index contributed by atoms with van der Waals surface area (Å²) in [6, 6.07) is 0. The lowest BCUT2D eigenvalue weighted by molar-refractivity contribution is -0.127. The fraction of sp³-hybridized carbons (Fsp3) is 0.417. The first kappa shape index (κ1) is 12.3. The minimum atomic E-state index is -0.294. The molecule has 1 fully saturated rings. The fourth-order valence-corrected chi connectivity index (χ4v) is 1.76. The summed E-state index contributed by atoms with van der Waals surface area (Å²) >= 11 is 0. The predicted octanol–water partition coefficient (Wildman–Crippen LogP) is 0.294. The van der Waals surface area contributed by atoms with Gasteiger partial charge in [-0.1, -0.05) is 20.8 Å². The van der Waals surface area contributed by atoms with E-state index in [2.05, 4.69) is 20.6 Å². The van der Waals surface area contributed by atoms with Gasteiger partial charge in [-0.15, -0.1) is 0 Å². The molecule has 18 heavy (non-hydrogen) atoms. The summed E-state index contributed by atoms with van der Waals surface area (Å²) < 4.78 is 0. The molecule has 0 aliphatic carbocycles. The van der Waals surface area contributed by atoms with Crippen LogP contribution in [0, 0.1) is 0 Å². The Labute approximate surface area is 105 Å². The molecule has 2 heterocycles. The molecule has 0 unspecified atom stereocenters.